The average Bonchev–Trinajstić information content (AvgIpc) is 2.26. The van der Waals surface area contributed by atoms with Crippen molar-refractivity contribution in [2.75, 3.05) is 6.61 Å². The summed E-state index contributed by atoms with van der Waals surface area (Å²) in [7, 11) is -3.78. The van der Waals surface area contributed by atoms with Crippen molar-refractivity contribution < 1.29 is 12.6 Å². The molecule has 0 fully saturated rings. The van der Waals surface area contributed by atoms with Crippen molar-refractivity contribution in [2.45, 2.75) is 18.7 Å². The summed E-state index contributed by atoms with van der Waals surface area (Å²) in [4.78, 5) is 0.0526. The van der Waals surface area contributed by atoms with Crippen LogP contribution in [-0.4, -0.2) is 15.0 Å². The zero-order valence-electron chi connectivity index (χ0n) is 9.43. The molecule has 0 amide bonds. The molecule has 0 aliphatic rings. The van der Waals surface area contributed by atoms with Crippen LogP contribution in [0.15, 0.2) is 29.2 Å². The highest BCUT2D eigenvalue weighted by atomic mass is 35.9. The Morgan fingerprint density at radius 1 is 1.29 bits per heavy atom. The number of benzene rings is 1. The Morgan fingerprint density at radius 3 is 2.41 bits per heavy atom. The van der Waals surface area contributed by atoms with Crippen LogP contribution in [-0.2, 0) is 14.3 Å². The highest BCUT2D eigenvalue weighted by Gasteiger charge is 2.22. The number of hydrogen-bond donors (Lipinski definition) is 0. The molecule has 1 aromatic carbocycles. The monoisotopic (exact) mass is 314 g/mol. The maximum Gasteiger partial charge on any atom is 0.297 e. The van der Waals surface area contributed by atoms with Crippen molar-refractivity contribution in [3.05, 3.63) is 24.3 Å². The van der Waals surface area contributed by atoms with E-state index in [9.17, 15) is 8.42 Å². The first kappa shape index (κ1) is 15.2. The summed E-state index contributed by atoms with van der Waals surface area (Å²) < 4.78 is 28.8. The van der Waals surface area contributed by atoms with Crippen LogP contribution in [0.25, 0.3) is 0 Å². The first-order valence-corrected chi connectivity index (χ1v) is 9.50. The fourth-order valence-corrected chi connectivity index (χ4v) is 4.48. The molecule has 0 bridgehead atoms. The van der Waals surface area contributed by atoms with Crippen molar-refractivity contribution in [1.82, 2.24) is 0 Å². The first-order valence-electron chi connectivity index (χ1n) is 4.94. The van der Waals surface area contributed by atoms with Crippen LogP contribution in [0, 0.1) is 5.92 Å². The fraction of sp³-hybridized carbons (Fsp3) is 0.400. The third-order valence-corrected chi connectivity index (χ3v) is 5.21. The minimum Gasteiger partial charge on any atom is -0.266 e. The predicted octanol–water partition coefficient (Wildman–Crippen LogP) is 3.46. The topological polar surface area (TPSA) is 43.4 Å². The molecule has 0 radical (unpaired) electrons. The molecular weight excluding hydrogens is 302 g/mol. The Kier molecular flexibility index (Phi) is 5.68. The quantitative estimate of drug-likeness (QED) is 0.617. The molecule has 0 aliphatic heterocycles. The van der Waals surface area contributed by atoms with E-state index in [0.29, 0.717) is 5.30 Å². The Bertz CT molecular complexity index is 474. The van der Waals surface area contributed by atoms with Crippen molar-refractivity contribution in [3.63, 3.8) is 0 Å². The third-order valence-electron chi connectivity index (χ3n) is 1.87. The summed E-state index contributed by atoms with van der Waals surface area (Å²) in [5.41, 5.74) is 0. The van der Waals surface area contributed by atoms with Crippen LogP contribution in [0.2, 0.25) is 0 Å². The lowest BCUT2D eigenvalue weighted by Gasteiger charge is -2.11. The van der Waals surface area contributed by atoms with E-state index < -0.39 is 16.7 Å². The van der Waals surface area contributed by atoms with E-state index in [1.54, 1.807) is 18.2 Å². The fourth-order valence-electron chi connectivity index (χ4n) is 1.10. The first-order chi connectivity index (χ1) is 7.84. The van der Waals surface area contributed by atoms with Crippen molar-refractivity contribution in [3.8, 4) is 0 Å². The van der Waals surface area contributed by atoms with E-state index in [0.717, 1.165) is 0 Å². The summed E-state index contributed by atoms with van der Waals surface area (Å²) >= 11 is 11.6. The van der Waals surface area contributed by atoms with Crippen LogP contribution in [0.4, 0.5) is 0 Å². The molecule has 0 heterocycles. The lowest BCUT2D eigenvalue weighted by Crippen LogP contribution is -2.17. The van der Waals surface area contributed by atoms with Gasteiger partial charge in [-0.3, -0.25) is 4.18 Å². The van der Waals surface area contributed by atoms with Gasteiger partial charge in [-0.1, -0.05) is 54.5 Å². The molecule has 0 unspecified atom stereocenters. The normalized spacial score (nSPS) is 12.4. The third kappa shape index (κ3) is 4.38. The number of halogens is 2. The van der Waals surface area contributed by atoms with Gasteiger partial charge in [0.2, 0.25) is 0 Å². The Morgan fingerprint density at radius 2 is 1.88 bits per heavy atom. The Balaban J connectivity index is 3.06. The standard InChI is InChI=1S/C10H13Cl2O3PS/c1-8(2)7-15-17(13,14)10-6-4-3-5-9(10)16(11)12/h3-6,8H,7H2,1-2H3. The molecule has 0 saturated carbocycles. The summed E-state index contributed by atoms with van der Waals surface area (Å²) in [5, 5.41) is 0.398. The zero-order valence-corrected chi connectivity index (χ0v) is 12.7. The second-order valence-corrected chi connectivity index (χ2v) is 8.91. The summed E-state index contributed by atoms with van der Waals surface area (Å²) in [6, 6.07) is 6.35. The van der Waals surface area contributed by atoms with Crippen LogP contribution in [0.1, 0.15) is 13.8 Å². The van der Waals surface area contributed by atoms with Crippen molar-refractivity contribution in [1.29, 1.82) is 0 Å². The lowest BCUT2D eigenvalue weighted by molar-refractivity contribution is 0.275. The van der Waals surface area contributed by atoms with E-state index in [1.165, 1.54) is 6.07 Å². The highest BCUT2D eigenvalue weighted by molar-refractivity contribution is 8.09. The van der Waals surface area contributed by atoms with Gasteiger partial charge in [-0.25, -0.2) is 0 Å². The number of rotatable bonds is 5. The minimum atomic E-state index is -3.78. The summed E-state index contributed by atoms with van der Waals surface area (Å²) in [6.45, 7) is 2.36. The molecule has 1 rings (SSSR count). The Labute approximate surface area is 113 Å². The SMILES string of the molecule is CC(C)COS(=O)(=O)c1ccccc1P(Cl)Cl. The highest BCUT2D eigenvalue weighted by Crippen LogP contribution is 2.46. The van der Waals surface area contributed by atoms with Gasteiger partial charge >= 0.3 is 0 Å². The van der Waals surface area contributed by atoms with Crippen LogP contribution in [0.3, 0.4) is 0 Å². The van der Waals surface area contributed by atoms with E-state index in [-0.39, 0.29) is 17.4 Å². The van der Waals surface area contributed by atoms with Crippen LogP contribution < -0.4 is 5.30 Å². The Hall–Kier alpha value is 0.140. The maximum atomic E-state index is 11.9. The molecule has 17 heavy (non-hydrogen) atoms. The predicted molar refractivity (Wildman–Crippen MR) is 72.7 cm³/mol. The van der Waals surface area contributed by atoms with Gasteiger partial charge in [0.1, 0.15) is 11.5 Å². The molecule has 3 nitrogen and oxygen atoms in total. The van der Waals surface area contributed by atoms with E-state index in [4.69, 9.17) is 26.7 Å². The van der Waals surface area contributed by atoms with Crippen molar-refractivity contribution in [2.24, 2.45) is 5.92 Å². The largest absolute Gasteiger partial charge is 0.297 e. The average molecular weight is 315 g/mol. The van der Waals surface area contributed by atoms with Gasteiger partial charge in [0, 0.05) is 5.30 Å². The molecule has 0 aromatic heterocycles. The second kappa shape index (κ2) is 6.35. The molecule has 0 atom stereocenters. The summed E-state index contributed by atoms with van der Waals surface area (Å²) in [6.07, 6.45) is 0. The number of hydrogen-bond acceptors (Lipinski definition) is 3. The van der Waals surface area contributed by atoms with Crippen LogP contribution >= 0.6 is 29.1 Å². The van der Waals surface area contributed by atoms with E-state index in [2.05, 4.69) is 0 Å². The van der Waals surface area contributed by atoms with Crippen LogP contribution in [0.5, 0.6) is 0 Å². The van der Waals surface area contributed by atoms with Gasteiger partial charge in [0.05, 0.1) is 6.61 Å². The molecule has 0 spiro atoms. The molecule has 0 saturated heterocycles. The molecule has 1 aromatic rings. The zero-order chi connectivity index (χ0) is 13.1. The molecule has 0 aliphatic carbocycles. The lowest BCUT2D eigenvalue weighted by atomic mass is 10.2. The smallest absolute Gasteiger partial charge is 0.266 e. The van der Waals surface area contributed by atoms with Gasteiger partial charge in [-0.05, 0) is 12.0 Å². The molecule has 7 heteroatoms. The van der Waals surface area contributed by atoms with Gasteiger partial charge < -0.3 is 0 Å². The van der Waals surface area contributed by atoms with Gasteiger partial charge in [-0.2, -0.15) is 8.42 Å². The molecular formula is C10H13Cl2O3PS. The van der Waals surface area contributed by atoms with E-state index in [1.807, 2.05) is 13.8 Å². The van der Waals surface area contributed by atoms with Gasteiger partial charge in [-0.15, -0.1) is 0 Å². The van der Waals surface area contributed by atoms with Gasteiger partial charge in [0.25, 0.3) is 10.1 Å². The second-order valence-electron chi connectivity index (χ2n) is 3.83. The van der Waals surface area contributed by atoms with Crippen molar-refractivity contribution >= 4 is 44.5 Å². The van der Waals surface area contributed by atoms with E-state index >= 15 is 0 Å². The minimum absolute atomic E-state index is 0.0526. The maximum absolute atomic E-state index is 11.9. The molecule has 0 N–H and O–H groups in total. The van der Waals surface area contributed by atoms with Gasteiger partial charge in [0.15, 0.2) is 0 Å². The molecule has 96 valence electrons. The summed E-state index contributed by atoms with van der Waals surface area (Å²) in [5.74, 6) is 0.130.